The first kappa shape index (κ1) is 12.2. The molecule has 15 heavy (non-hydrogen) atoms. The molecule has 0 radical (unpaired) electrons. The summed E-state index contributed by atoms with van der Waals surface area (Å²) in [5, 5.41) is 0. The molecule has 0 aromatic rings. The van der Waals surface area contributed by atoms with E-state index in [1.165, 1.54) is 0 Å². The third-order valence-corrected chi connectivity index (χ3v) is 2.76. The average molecular weight is 212 g/mol. The Kier molecular flexibility index (Phi) is 5.37. The third-order valence-electron chi connectivity index (χ3n) is 2.76. The highest BCUT2D eigenvalue weighted by Gasteiger charge is 2.12. The minimum absolute atomic E-state index is 0.00651. The molecular formula is C12H20O3. The van der Waals surface area contributed by atoms with Crippen LogP contribution < -0.4 is 0 Å². The fraction of sp³-hybridized carbons (Fsp3) is 0.833. The fourth-order valence-corrected chi connectivity index (χ4v) is 1.82. The maximum atomic E-state index is 11.3. The van der Waals surface area contributed by atoms with Crippen molar-refractivity contribution < 1.29 is 14.3 Å². The van der Waals surface area contributed by atoms with E-state index in [1.807, 2.05) is 6.92 Å². The molecule has 0 aromatic heterocycles. The van der Waals surface area contributed by atoms with Gasteiger partial charge < -0.3 is 4.74 Å². The molecule has 1 aliphatic heterocycles. The largest absolute Gasteiger partial charge is 0.463 e. The van der Waals surface area contributed by atoms with Crippen molar-refractivity contribution in [1.29, 1.82) is 0 Å². The van der Waals surface area contributed by atoms with Gasteiger partial charge in [0.05, 0.1) is 12.5 Å². The third kappa shape index (κ3) is 5.55. The van der Waals surface area contributed by atoms with E-state index in [0.717, 1.165) is 32.1 Å². The molecule has 1 fully saturated rings. The van der Waals surface area contributed by atoms with Gasteiger partial charge in [-0.15, -0.1) is 0 Å². The molecule has 3 heteroatoms. The number of rotatable bonds is 0. The molecule has 86 valence electrons. The topological polar surface area (TPSA) is 43.4 Å². The number of esters is 1. The summed E-state index contributed by atoms with van der Waals surface area (Å²) in [5.41, 5.74) is 0. The van der Waals surface area contributed by atoms with Gasteiger partial charge in [-0.3, -0.25) is 9.59 Å². The normalized spacial score (nSPS) is 26.3. The van der Waals surface area contributed by atoms with Crippen LogP contribution in [0.5, 0.6) is 0 Å². The summed E-state index contributed by atoms with van der Waals surface area (Å²) in [6.07, 6.45) is 6.50. The molecule has 0 aliphatic carbocycles. The smallest absolute Gasteiger partial charge is 0.306 e. The van der Waals surface area contributed by atoms with Crippen molar-refractivity contribution >= 4 is 11.8 Å². The van der Waals surface area contributed by atoms with Crippen LogP contribution in [0.25, 0.3) is 0 Å². The van der Waals surface area contributed by atoms with Crippen LogP contribution in [0.2, 0.25) is 0 Å². The number of carbonyl (C=O) groups excluding carboxylic acids is 2. The van der Waals surface area contributed by atoms with E-state index in [2.05, 4.69) is 0 Å². The molecule has 1 saturated heterocycles. The van der Waals surface area contributed by atoms with Crippen LogP contribution in [-0.2, 0) is 14.3 Å². The van der Waals surface area contributed by atoms with E-state index in [1.54, 1.807) is 0 Å². The van der Waals surface area contributed by atoms with Crippen molar-refractivity contribution in [3.63, 3.8) is 0 Å². The van der Waals surface area contributed by atoms with Gasteiger partial charge in [0.15, 0.2) is 0 Å². The van der Waals surface area contributed by atoms with Gasteiger partial charge in [-0.1, -0.05) is 12.8 Å². The lowest BCUT2D eigenvalue weighted by atomic mass is 10.0. The molecule has 0 saturated carbocycles. The first-order valence-electron chi connectivity index (χ1n) is 5.89. The standard InChI is InChI=1S/C12H20O3/c1-10-6-4-2-3-5-7-11(13)8-9-12(14)15-10/h10H,2-9H2,1H3. The number of hydrogen-bond donors (Lipinski definition) is 0. The highest BCUT2D eigenvalue weighted by Crippen LogP contribution is 2.13. The minimum atomic E-state index is -0.226. The Balaban J connectivity index is 2.38. The number of ketones is 1. The van der Waals surface area contributed by atoms with Crippen molar-refractivity contribution in [2.45, 2.75) is 64.4 Å². The predicted molar refractivity (Wildman–Crippen MR) is 57.5 cm³/mol. The molecule has 1 atom stereocenters. The van der Waals surface area contributed by atoms with Gasteiger partial charge in [-0.05, 0) is 26.2 Å². The summed E-state index contributed by atoms with van der Waals surface area (Å²) in [7, 11) is 0. The van der Waals surface area contributed by atoms with Gasteiger partial charge >= 0.3 is 5.97 Å². The monoisotopic (exact) mass is 212 g/mol. The summed E-state index contributed by atoms with van der Waals surface area (Å²) < 4.78 is 5.18. The van der Waals surface area contributed by atoms with Gasteiger partial charge in [-0.2, -0.15) is 0 Å². The Bertz CT molecular complexity index is 223. The summed E-state index contributed by atoms with van der Waals surface area (Å²) in [4.78, 5) is 22.6. The summed E-state index contributed by atoms with van der Waals surface area (Å²) in [5.74, 6) is -0.0309. The van der Waals surface area contributed by atoms with Crippen molar-refractivity contribution in [2.24, 2.45) is 0 Å². The predicted octanol–water partition coefficient (Wildman–Crippen LogP) is 2.62. The lowest BCUT2D eigenvalue weighted by Crippen LogP contribution is -2.16. The fourth-order valence-electron chi connectivity index (χ4n) is 1.82. The summed E-state index contributed by atoms with van der Waals surface area (Å²) in [6.45, 7) is 1.92. The number of ether oxygens (including phenoxy) is 1. The molecule has 1 unspecified atom stereocenters. The second-order valence-corrected chi connectivity index (χ2v) is 4.29. The lowest BCUT2D eigenvalue weighted by molar-refractivity contribution is -0.149. The maximum absolute atomic E-state index is 11.3. The van der Waals surface area contributed by atoms with Crippen molar-refractivity contribution in [2.75, 3.05) is 0 Å². The zero-order chi connectivity index (χ0) is 11.1. The van der Waals surface area contributed by atoms with E-state index < -0.39 is 0 Å². The molecule has 1 rings (SSSR count). The average Bonchev–Trinajstić information content (AvgIpc) is 2.18. The molecule has 0 spiro atoms. The lowest BCUT2D eigenvalue weighted by Gasteiger charge is -2.13. The van der Waals surface area contributed by atoms with Crippen LogP contribution in [0, 0.1) is 0 Å². The van der Waals surface area contributed by atoms with E-state index in [4.69, 9.17) is 4.74 Å². The Labute approximate surface area is 91.2 Å². The highest BCUT2D eigenvalue weighted by atomic mass is 16.5. The van der Waals surface area contributed by atoms with Crippen molar-refractivity contribution in [1.82, 2.24) is 0 Å². The minimum Gasteiger partial charge on any atom is -0.463 e. The Hall–Kier alpha value is -0.860. The van der Waals surface area contributed by atoms with E-state index >= 15 is 0 Å². The Morgan fingerprint density at radius 2 is 1.73 bits per heavy atom. The van der Waals surface area contributed by atoms with Crippen molar-refractivity contribution in [3.8, 4) is 0 Å². The maximum Gasteiger partial charge on any atom is 0.306 e. The number of Topliss-reactive ketones (excluding diaryl/α,β-unsaturated/α-hetero) is 1. The van der Waals surface area contributed by atoms with Crippen LogP contribution >= 0.6 is 0 Å². The van der Waals surface area contributed by atoms with Crippen molar-refractivity contribution in [3.05, 3.63) is 0 Å². The summed E-state index contributed by atoms with van der Waals surface area (Å²) in [6, 6.07) is 0. The SMILES string of the molecule is CC1CCCCCCC(=O)CCC(=O)O1. The van der Waals surface area contributed by atoms with Crippen LogP contribution in [0.15, 0.2) is 0 Å². The van der Waals surface area contributed by atoms with Crippen LogP contribution in [0.3, 0.4) is 0 Å². The molecule has 1 heterocycles. The summed E-state index contributed by atoms with van der Waals surface area (Å²) >= 11 is 0. The van der Waals surface area contributed by atoms with E-state index in [-0.39, 0.29) is 24.3 Å². The molecule has 0 bridgehead atoms. The molecule has 0 aromatic carbocycles. The number of carbonyl (C=O) groups is 2. The van der Waals surface area contributed by atoms with Crippen LogP contribution in [0.4, 0.5) is 0 Å². The van der Waals surface area contributed by atoms with Gasteiger partial charge in [-0.25, -0.2) is 0 Å². The Morgan fingerprint density at radius 1 is 1.00 bits per heavy atom. The van der Waals surface area contributed by atoms with Crippen LogP contribution in [-0.4, -0.2) is 17.9 Å². The second kappa shape index (κ2) is 6.59. The molecular weight excluding hydrogens is 192 g/mol. The molecule has 1 aliphatic rings. The number of cyclic esters (lactones) is 1. The van der Waals surface area contributed by atoms with E-state index in [0.29, 0.717) is 12.8 Å². The highest BCUT2D eigenvalue weighted by molar-refractivity contribution is 5.82. The van der Waals surface area contributed by atoms with Gasteiger partial charge in [0.25, 0.3) is 0 Å². The zero-order valence-corrected chi connectivity index (χ0v) is 9.46. The van der Waals surface area contributed by atoms with Crippen LogP contribution in [0.1, 0.15) is 58.3 Å². The first-order chi connectivity index (χ1) is 7.18. The van der Waals surface area contributed by atoms with Gasteiger partial charge in [0, 0.05) is 12.8 Å². The quantitative estimate of drug-likeness (QED) is 0.580. The molecule has 0 amide bonds. The molecule has 3 nitrogen and oxygen atoms in total. The van der Waals surface area contributed by atoms with Gasteiger partial charge in [0.2, 0.25) is 0 Å². The Morgan fingerprint density at radius 3 is 2.53 bits per heavy atom. The molecule has 0 N–H and O–H groups in total. The number of hydrogen-bond acceptors (Lipinski definition) is 3. The van der Waals surface area contributed by atoms with E-state index in [9.17, 15) is 9.59 Å². The second-order valence-electron chi connectivity index (χ2n) is 4.29. The van der Waals surface area contributed by atoms with Gasteiger partial charge in [0.1, 0.15) is 5.78 Å². The first-order valence-corrected chi connectivity index (χ1v) is 5.89. The zero-order valence-electron chi connectivity index (χ0n) is 9.46.